The lowest BCUT2D eigenvalue weighted by molar-refractivity contribution is 0.283. The molecular formula is C12H17Cl2NO2. The van der Waals surface area contributed by atoms with Gasteiger partial charge < -0.3 is 15.2 Å². The Morgan fingerprint density at radius 1 is 1.29 bits per heavy atom. The quantitative estimate of drug-likeness (QED) is 0.753. The standard InChI is InChI=1S/C12H17Cl2NO2/c1-17-12-9(6-10(13)7-11(12)14)8-15-4-2-3-5-16/h6-7,15-16H,2-5,8H2,1H3. The van der Waals surface area contributed by atoms with Gasteiger partial charge in [-0.05, 0) is 31.5 Å². The van der Waals surface area contributed by atoms with E-state index in [1.807, 2.05) is 6.07 Å². The van der Waals surface area contributed by atoms with Gasteiger partial charge in [0, 0.05) is 23.7 Å². The Morgan fingerprint density at radius 2 is 2.06 bits per heavy atom. The van der Waals surface area contributed by atoms with E-state index in [9.17, 15) is 0 Å². The van der Waals surface area contributed by atoms with E-state index in [1.54, 1.807) is 13.2 Å². The molecule has 0 aliphatic carbocycles. The van der Waals surface area contributed by atoms with Gasteiger partial charge in [0.1, 0.15) is 5.75 Å². The maximum atomic E-state index is 8.65. The summed E-state index contributed by atoms with van der Waals surface area (Å²) < 4.78 is 5.24. The Balaban J connectivity index is 2.57. The van der Waals surface area contributed by atoms with Crippen LogP contribution in [0.3, 0.4) is 0 Å². The van der Waals surface area contributed by atoms with Gasteiger partial charge in [-0.15, -0.1) is 0 Å². The lowest BCUT2D eigenvalue weighted by atomic mass is 10.2. The second kappa shape index (κ2) is 7.77. The molecule has 1 rings (SSSR count). The first-order valence-corrected chi connectivity index (χ1v) is 6.28. The summed E-state index contributed by atoms with van der Waals surface area (Å²) in [7, 11) is 1.59. The molecule has 0 heterocycles. The highest BCUT2D eigenvalue weighted by Gasteiger charge is 2.09. The van der Waals surface area contributed by atoms with Crippen molar-refractivity contribution in [3.05, 3.63) is 27.7 Å². The van der Waals surface area contributed by atoms with Crippen LogP contribution in [0, 0.1) is 0 Å². The average molecular weight is 278 g/mol. The number of nitrogens with one attached hydrogen (secondary N) is 1. The van der Waals surface area contributed by atoms with Crippen molar-refractivity contribution in [2.45, 2.75) is 19.4 Å². The Hall–Kier alpha value is -0.480. The molecule has 0 bridgehead atoms. The third kappa shape index (κ3) is 4.72. The normalized spacial score (nSPS) is 10.6. The van der Waals surface area contributed by atoms with Gasteiger partial charge in [0.25, 0.3) is 0 Å². The molecule has 3 nitrogen and oxygen atoms in total. The van der Waals surface area contributed by atoms with Crippen LogP contribution in [0.5, 0.6) is 5.75 Å². The van der Waals surface area contributed by atoms with Crippen molar-refractivity contribution in [3.63, 3.8) is 0 Å². The van der Waals surface area contributed by atoms with E-state index in [0.29, 0.717) is 22.3 Å². The summed E-state index contributed by atoms with van der Waals surface area (Å²) in [4.78, 5) is 0. The molecule has 0 radical (unpaired) electrons. The molecule has 0 aliphatic rings. The van der Waals surface area contributed by atoms with E-state index in [0.717, 1.165) is 24.9 Å². The highest BCUT2D eigenvalue weighted by molar-refractivity contribution is 6.35. The van der Waals surface area contributed by atoms with E-state index in [2.05, 4.69) is 5.32 Å². The third-order valence-electron chi connectivity index (χ3n) is 2.37. The van der Waals surface area contributed by atoms with Crippen LogP contribution < -0.4 is 10.1 Å². The number of unbranched alkanes of at least 4 members (excludes halogenated alkanes) is 1. The molecule has 17 heavy (non-hydrogen) atoms. The van der Waals surface area contributed by atoms with Crippen molar-refractivity contribution >= 4 is 23.2 Å². The number of ether oxygens (including phenoxy) is 1. The van der Waals surface area contributed by atoms with E-state index < -0.39 is 0 Å². The van der Waals surface area contributed by atoms with Gasteiger partial charge >= 0.3 is 0 Å². The topological polar surface area (TPSA) is 41.5 Å². The number of hydrogen-bond acceptors (Lipinski definition) is 3. The van der Waals surface area contributed by atoms with Gasteiger partial charge in [-0.2, -0.15) is 0 Å². The van der Waals surface area contributed by atoms with Gasteiger partial charge in [0.05, 0.1) is 12.1 Å². The molecule has 96 valence electrons. The first-order chi connectivity index (χ1) is 8.19. The monoisotopic (exact) mass is 277 g/mol. The minimum absolute atomic E-state index is 0.230. The second-order valence-corrected chi connectivity index (χ2v) is 4.53. The number of hydrogen-bond donors (Lipinski definition) is 2. The summed E-state index contributed by atoms with van der Waals surface area (Å²) in [5.41, 5.74) is 0.939. The first kappa shape index (κ1) is 14.6. The van der Waals surface area contributed by atoms with Crippen molar-refractivity contribution in [1.29, 1.82) is 0 Å². The number of benzene rings is 1. The molecule has 0 aromatic heterocycles. The van der Waals surface area contributed by atoms with Crippen LogP contribution in [0.2, 0.25) is 10.0 Å². The summed E-state index contributed by atoms with van der Waals surface area (Å²) in [6.07, 6.45) is 1.74. The largest absolute Gasteiger partial charge is 0.495 e. The van der Waals surface area contributed by atoms with E-state index in [1.165, 1.54) is 0 Å². The van der Waals surface area contributed by atoms with Crippen LogP contribution in [0.1, 0.15) is 18.4 Å². The Bertz CT molecular complexity index is 359. The third-order valence-corrected chi connectivity index (χ3v) is 2.87. The molecule has 0 fully saturated rings. The molecule has 0 amide bonds. The maximum absolute atomic E-state index is 8.65. The molecule has 0 saturated heterocycles. The number of halogens is 2. The lowest BCUT2D eigenvalue weighted by Crippen LogP contribution is -2.15. The van der Waals surface area contributed by atoms with Crippen LogP contribution in [0.15, 0.2) is 12.1 Å². The van der Waals surface area contributed by atoms with Gasteiger partial charge in [0.15, 0.2) is 0 Å². The van der Waals surface area contributed by atoms with Gasteiger partial charge in [-0.25, -0.2) is 0 Å². The lowest BCUT2D eigenvalue weighted by Gasteiger charge is -2.11. The molecule has 0 atom stereocenters. The van der Waals surface area contributed by atoms with Gasteiger partial charge in [-0.1, -0.05) is 23.2 Å². The van der Waals surface area contributed by atoms with E-state index in [4.69, 9.17) is 33.0 Å². The number of methoxy groups -OCH3 is 1. The van der Waals surface area contributed by atoms with Crippen LogP contribution in [0.25, 0.3) is 0 Å². The minimum atomic E-state index is 0.230. The molecule has 0 aliphatic heterocycles. The molecule has 5 heteroatoms. The van der Waals surface area contributed by atoms with Crippen molar-refractivity contribution in [2.75, 3.05) is 20.3 Å². The fourth-order valence-electron chi connectivity index (χ4n) is 1.56. The van der Waals surface area contributed by atoms with Crippen LogP contribution >= 0.6 is 23.2 Å². The van der Waals surface area contributed by atoms with Gasteiger partial charge in [-0.3, -0.25) is 0 Å². The molecule has 0 spiro atoms. The zero-order valence-electron chi connectivity index (χ0n) is 9.80. The summed E-state index contributed by atoms with van der Waals surface area (Å²) >= 11 is 12.0. The van der Waals surface area contributed by atoms with Crippen LogP contribution in [0.4, 0.5) is 0 Å². The fourth-order valence-corrected chi connectivity index (χ4v) is 2.17. The number of aliphatic hydroxyl groups excluding tert-OH is 1. The molecule has 1 aromatic rings. The number of rotatable bonds is 7. The Morgan fingerprint density at radius 3 is 2.71 bits per heavy atom. The fraction of sp³-hybridized carbons (Fsp3) is 0.500. The SMILES string of the molecule is COc1c(Cl)cc(Cl)cc1CNCCCCO. The molecule has 0 unspecified atom stereocenters. The van der Waals surface area contributed by atoms with Crippen molar-refractivity contribution in [1.82, 2.24) is 5.32 Å². The highest BCUT2D eigenvalue weighted by atomic mass is 35.5. The molecular weight excluding hydrogens is 261 g/mol. The predicted octanol–water partition coefficient (Wildman–Crippen LogP) is 2.86. The zero-order valence-corrected chi connectivity index (χ0v) is 11.3. The average Bonchev–Trinajstić information content (AvgIpc) is 2.28. The Labute approximate surface area is 112 Å². The second-order valence-electron chi connectivity index (χ2n) is 3.69. The van der Waals surface area contributed by atoms with E-state index in [-0.39, 0.29) is 6.61 Å². The summed E-state index contributed by atoms with van der Waals surface area (Å²) in [5.74, 6) is 0.658. The minimum Gasteiger partial charge on any atom is -0.495 e. The smallest absolute Gasteiger partial charge is 0.142 e. The molecule has 0 saturated carbocycles. The molecule has 2 N–H and O–H groups in total. The van der Waals surface area contributed by atoms with Crippen molar-refractivity contribution in [2.24, 2.45) is 0 Å². The van der Waals surface area contributed by atoms with E-state index >= 15 is 0 Å². The highest BCUT2D eigenvalue weighted by Crippen LogP contribution is 2.31. The Kier molecular flexibility index (Phi) is 6.66. The van der Waals surface area contributed by atoms with Crippen molar-refractivity contribution in [3.8, 4) is 5.75 Å². The molecule has 1 aromatic carbocycles. The summed E-state index contributed by atoms with van der Waals surface area (Å²) in [6, 6.07) is 3.50. The summed E-state index contributed by atoms with van der Waals surface area (Å²) in [5, 5.41) is 13.0. The van der Waals surface area contributed by atoms with Crippen molar-refractivity contribution < 1.29 is 9.84 Å². The van der Waals surface area contributed by atoms with Gasteiger partial charge in [0.2, 0.25) is 0 Å². The summed E-state index contributed by atoms with van der Waals surface area (Å²) in [6.45, 7) is 1.72. The number of aliphatic hydroxyl groups is 1. The van der Waals surface area contributed by atoms with Crippen LogP contribution in [-0.4, -0.2) is 25.4 Å². The first-order valence-electron chi connectivity index (χ1n) is 5.52. The maximum Gasteiger partial charge on any atom is 0.142 e. The predicted molar refractivity (Wildman–Crippen MR) is 71.0 cm³/mol. The zero-order chi connectivity index (χ0) is 12.7. The van der Waals surface area contributed by atoms with Crippen LogP contribution in [-0.2, 0) is 6.54 Å².